The fourth-order valence-electron chi connectivity index (χ4n) is 2.75. The lowest BCUT2D eigenvalue weighted by molar-refractivity contribution is 0.478. The van der Waals surface area contributed by atoms with E-state index in [0.717, 1.165) is 46.0 Å². The summed E-state index contributed by atoms with van der Waals surface area (Å²) < 4.78 is 19.2. The van der Waals surface area contributed by atoms with Crippen LogP contribution in [0.4, 0.5) is 10.1 Å². The van der Waals surface area contributed by atoms with Crippen molar-refractivity contribution in [2.45, 2.75) is 20.8 Å². The Morgan fingerprint density at radius 2 is 1.54 bits per heavy atom. The van der Waals surface area contributed by atoms with Gasteiger partial charge in [-0.25, -0.2) is 9.38 Å². The van der Waals surface area contributed by atoms with Crippen LogP contribution in [0.3, 0.4) is 0 Å². The highest BCUT2D eigenvalue weighted by molar-refractivity contribution is 5.66. The van der Waals surface area contributed by atoms with Crippen LogP contribution in [-0.2, 0) is 0 Å². The summed E-state index contributed by atoms with van der Waals surface area (Å²) in [4.78, 5) is 6.59. The summed E-state index contributed by atoms with van der Waals surface area (Å²) in [6, 6.07) is 18.3. The van der Waals surface area contributed by atoms with Crippen LogP contribution in [0, 0.1) is 19.7 Å². The van der Waals surface area contributed by atoms with Crippen molar-refractivity contribution in [3.05, 3.63) is 77.6 Å². The normalized spacial score (nSPS) is 11.0. The first-order valence-electron chi connectivity index (χ1n) is 9.36. The van der Waals surface area contributed by atoms with Gasteiger partial charge in [0.2, 0.25) is 0 Å². The van der Waals surface area contributed by atoms with Gasteiger partial charge >= 0.3 is 0 Å². The molecule has 0 fully saturated rings. The maximum absolute atomic E-state index is 13.1. The van der Waals surface area contributed by atoms with Gasteiger partial charge in [-0.1, -0.05) is 24.3 Å². The van der Waals surface area contributed by atoms with E-state index in [4.69, 9.17) is 4.74 Å². The molecule has 0 aliphatic heterocycles. The fraction of sp³-hybridized carbons (Fsp3) is 0.208. The van der Waals surface area contributed by atoms with E-state index in [-0.39, 0.29) is 5.82 Å². The van der Waals surface area contributed by atoms with E-state index in [1.54, 1.807) is 12.1 Å². The van der Waals surface area contributed by atoms with Crippen molar-refractivity contribution in [2.24, 2.45) is 4.99 Å². The summed E-state index contributed by atoms with van der Waals surface area (Å²) in [5.41, 5.74) is 5.02. The molecule has 0 amide bonds. The molecule has 0 radical (unpaired) electrons. The van der Waals surface area contributed by atoms with E-state index in [0.29, 0.717) is 0 Å². The minimum absolute atomic E-state index is 0.233. The first-order chi connectivity index (χ1) is 13.5. The Hall–Kier alpha value is -3.14. The minimum Gasteiger partial charge on any atom is -0.457 e. The molecule has 28 heavy (non-hydrogen) atoms. The Balaban J connectivity index is 1.77. The molecule has 3 aromatic carbocycles. The molecule has 0 heterocycles. The molecule has 0 aliphatic rings. The van der Waals surface area contributed by atoms with Gasteiger partial charge in [-0.2, -0.15) is 0 Å². The molecule has 0 N–H and O–H groups in total. The van der Waals surface area contributed by atoms with E-state index < -0.39 is 0 Å². The Labute approximate surface area is 166 Å². The highest BCUT2D eigenvalue weighted by atomic mass is 19.1. The average Bonchev–Trinajstić information content (AvgIpc) is 2.70. The average molecular weight is 376 g/mol. The number of aryl methyl sites for hydroxylation is 2. The van der Waals surface area contributed by atoms with Crippen molar-refractivity contribution < 1.29 is 9.13 Å². The monoisotopic (exact) mass is 376 g/mol. The lowest BCUT2D eigenvalue weighted by Gasteiger charge is -2.13. The third-order valence-corrected chi connectivity index (χ3v) is 4.65. The first-order valence-corrected chi connectivity index (χ1v) is 9.36. The van der Waals surface area contributed by atoms with Crippen molar-refractivity contribution >= 4 is 12.0 Å². The van der Waals surface area contributed by atoms with E-state index >= 15 is 0 Å². The zero-order valence-corrected chi connectivity index (χ0v) is 16.7. The van der Waals surface area contributed by atoms with Gasteiger partial charge in [-0.05, 0) is 79.4 Å². The lowest BCUT2D eigenvalue weighted by Crippen LogP contribution is -2.14. The third kappa shape index (κ3) is 4.77. The number of aliphatic imine (C=N–C) groups is 1. The Kier molecular flexibility index (Phi) is 6.09. The quantitative estimate of drug-likeness (QED) is 0.362. The molecule has 0 spiro atoms. The second kappa shape index (κ2) is 8.70. The van der Waals surface area contributed by atoms with Gasteiger partial charge in [-0.15, -0.1) is 0 Å². The molecule has 3 rings (SSSR count). The van der Waals surface area contributed by atoms with Gasteiger partial charge in [0.25, 0.3) is 0 Å². The SMILES string of the molecule is CCN(C)C=Nc1cc(C)c(Oc2ccc(-c3ccc(F)cc3)cc2)cc1C. The second-order valence-electron chi connectivity index (χ2n) is 6.86. The number of nitrogens with zero attached hydrogens (tertiary/aromatic N) is 2. The molecule has 0 unspecified atom stereocenters. The second-order valence-corrected chi connectivity index (χ2v) is 6.86. The summed E-state index contributed by atoms with van der Waals surface area (Å²) in [5, 5.41) is 0. The van der Waals surface area contributed by atoms with Crippen LogP contribution in [0.5, 0.6) is 11.5 Å². The fourth-order valence-corrected chi connectivity index (χ4v) is 2.75. The summed E-state index contributed by atoms with van der Waals surface area (Å²) >= 11 is 0. The van der Waals surface area contributed by atoms with Crippen LogP contribution in [0.1, 0.15) is 18.1 Å². The molecule has 0 atom stereocenters. The Bertz CT molecular complexity index is 963. The van der Waals surface area contributed by atoms with E-state index in [2.05, 4.69) is 11.9 Å². The molecule has 0 saturated carbocycles. The van der Waals surface area contributed by atoms with E-state index in [1.165, 1.54) is 12.1 Å². The van der Waals surface area contributed by atoms with Gasteiger partial charge in [0, 0.05) is 13.6 Å². The maximum atomic E-state index is 13.1. The van der Waals surface area contributed by atoms with Crippen molar-refractivity contribution in [2.75, 3.05) is 13.6 Å². The molecule has 0 aliphatic carbocycles. The molecule has 3 nitrogen and oxygen atoms in total. The van der Waals surface area contributed by atoms with Gasteiger partial charge in [-0.3, -0.25) is 0 Å². The van der Waals surface area contributed by atoms with Crippen LogP contribution in [-0.4, -0.2) is 24.8 Å². The van der Waals surface area contributed by atoms with Crippen LogP contribution in [0.25, 0.3) is 11.1 Å². The number of halogens is 1. The largest absolute Gasteiger partial charge is 0.457 e. The van der Waals surface area contributed by atoms with Crippen molar-refractivity contribution in [3.63, 3.8) is 0 Å². The van der Waals surface area contributed by atoms with Gasteiger partial charge in [0.15, 0.2) is 0 Å². The molecule has 0 saturated heterocycles. The summed E-state index contributed by atoms with van der Waals surface area (Å²) in [6.45, 7) is 7.05. The minimum atomic E-state index is -0.233. The standard InChI is InChI=1S/C24H25FN2O/c1-5-27(4)16-26-23-14-18(3)24(15-17(23)2)28-22-12-8-20(9-13-22)19-6-10-21(25)11-7-19/h6-16H,5H2,1-4H3. The number of hydrogen-bond donors (Lipinski definition) is 0. The molecular weight excluding hydrogens is 351 g/mol. The predicted octanol–water partition coefficient (Wildman–Crippen LogP) is 6.51. The molecule has 3 aromatic rings. The molecule has 0 bridgehead atoms. The third-order valence-electron chi connectivity index (χ3n) is 4.65. The van der Waals surface area contributed by atoms with Crippen LogP contribution in [0.15, 0.2) is 65.7 Å². The number of ether oxygens (including phenoxy) is 1. The molecule has 4 heteroatoms. The Morgan fingerprint density at radius 3 is 2.14 bits per heavy atom. The van der Waals surface area contributed by atoms with Crippen LogP contribution < -0.4 is 4.74 Å². The van der Waals surface area contributed by atoms with Crippen molar-refractivity contribution in [1.29, 1.82) is 0 Å². The van der Waals surface area contributed by atoms with E-state index in [1.807, 2.05) is 68.5 Å². The summed E-state index contributed by atoms with van der Waals surface area (Å²) in [6.07, 6.45) is 1.84. The van der Waals surface area contributed by atoms with Crippen LogP contribution >= 0.6 is 0 Å². The number of rotatable bonds is 6. The Morgan fingerprint density at radius 1 is 0.929 bits per heavy atom. The van der Waals surface area contributed by atoms with E-state index in [9.17, 15) is 4.39 Å². The maximum Gasteiger partial charge on any atom is 0.130 e. The highest BCUT2D eigenvalue weighted by Gasteiger charge is 2.07. The number of benzene rings is 3. The van der Waals surface area contributed by atoms with Crippen LogP contribution in [0.2, 0.25) is 0 Å². The zero-order valence-electron chi connectivity index (χ0n) is 16.7. The number of hydrogen-bond acceptors (Lipinski definition) is 2. The highest BCUT2D eigenvalue weighted by Crippen LogP contribution is 2.32. The molecular formula is C24H25FN2O. The lowest BCUT2D eigenvalue weighted by atomic mass is 10.1. The summed E-state index contributed by atoms with van der Waals surface area (Å²) in [7, 11) is 2.00. The first kappa shape index (κ1) is 19.6. The topological polar surface area (TPSA) is 24.8 Å². The van der Waals surface area contributed by atoms with Crippen molar-refractivity contribution in [3.8, 4) is 22.6 Å². The predicted molar refractivity (Wildman–Crippen MR) is 114 cm³/mol. The van der Waals surface area contributed by atoms with Gasteiger partial charge < -0.3 is 9.64 Å². The van der Waals surface area contributed by atoms with Gasteiger partial charge in [0.1, 0.15) is 17.3 Å². The summed E-state index contributed by atoms with van der Waals surface area (Å²) in [5.74, 6) is 1.34. The smallest absolute Gasteiger partial charge is 0.130 e. The van der Waals surface area contributed by atoms with Crippen molar-refractivity contribution in [1.82, 2.24) is 4.90 Å². The molecule has 0 aromatic heterocycles. The zero-order chi connectivity index (χ0) is 20.1. The van der Waals surface area contributed by atoms with Gasteiger partial charge in [0.05, 0.1) is 12.0 Å². The molecule has 144 valence electrons.